The number of hydrogen-bond donors (Lipinski definition) is 0. The van der Waals surface area contributed by atoms with E-state index in [1.54, 1.807) is 30.4 Å². The van der Waals surface area contributed by atoms with Gasteiger partial charge in [-0.15, -0.1) is 11.3 Å². The average molecular weight is 505 g/mol. The van der Waals surface area contributed by atoms with E-state index in [1.807, 2.05) is 54.8 Å². The van der Waals surface area contributed by atoms with Crippen molar-refractivity contribution in [3.63, 3.8) is 0 Å². The third-order valence-electron chi connectivity index (χ3n) is 5.72. The topological polar surface area (TPSA) is 60.7 Å². The molecule has 1 aliphatic rings. The summed E-state index contributed by atoms with van der Waals surface area (Å²) in [7, 11) is 0. The predicted molar refractivity (Wildman–Crippen MR) is 137 cm³/mol. The second-order valence-electron chi connectivity index (χ2n) is 7.95. The van der Waals surface area contributed by atoms with Crippen molar-refractivity contribution >= 4 is 40.4 Å². The lowest BCUT2D eigenvalue weighted by Gasteiger charge is -2.25. The maximum absolute atomic E-state index is 13.8. The number of aryl methyl sites for hydroxylation is 1. The summed E-state index contributed by atoms with van der Waals surface area (Å²) in [5, 5.41) is 1.98. The molecule has 4 aromatic rings. The molecule has 0 unspecified atom stereocenters. The van der Waals surface area contributed by atoms with Crippen LogP contribution in [0.5, 0.6) is 0 Å². The minimum atomic E-state index is -0.812. The van der Waals surface area contributed by atoms with E-state index in [9.17, 15) is 14.0 Å². The highest BCUT2D eigenvalue weighted by Gasteiger charge is 2.35. The van der Waals surface area contributed by atoms with Gasteiger partial charge in [0.25, 0.3) is 5.56 Å². The Labute approximate surface area is 208 Å². The van der Waals surface area contributed by atoms with Crippen molar-refractivity contribution in [2.75, 3.05) is 6.61 Å². The Balaban J connectivity index is 1.85. The smallest absolute Gasteiger partial charge is 0.338 e. The molecule has 0 aliphatic carbocycles. The maximum atomic E-state index is 13.8. The van der Waals surface area contributed by atoms with E-state index in [0.717, 1.165) is 16.0 Å². The first-order valence-corrected chi connectivity index (χ1v) is 12.8. The summed E-state index contributed by atoms with van der Waals surface area (Å²) in [6.45, 7) is 3.89. The number of hydrogen-bond acceptors (Lipinski definition) is 6. The van der Waals surface area contributed by atoms with Crippen LogP contribution in [0.4, 0.5) is 4.39 Å². The van der Waals surface area contributed by atoms with Crippen LogP contribution < -0.4 is 14.9 Å². The molecule has 2 aromatic heterocycles. The highest BCUT2D eigenvalue weighted by Crippen LogP contribution is 2.35. The summed E-state index contributed by atoms with van der Waals surface area (Å²) in [6.07, 6.45) is 1.86. The third-order valence-corrected chi connectivity index (χ3v) is 7.67. The minimum absolute atomic E-state index is 0.169. The van der Waals surface area contributed by atoms with Crippen LogP contribution in [-0.4, -0.2) is 17.1 Å². The molecule has 5 rings (SSSR count). The number of rotatable bonds is 5. The number of nitrogens with zero attached hydrogens (tertiary/aromatic N) is 2. The van der Waals surface area contributed by atoms with Crippen molar-refractivity contribution in [3.05, 3.63) is 119 Å². The Morgan fingerprint density at radius 2 is 1.89 bits per heavy atom. The van der Waals surface area contributed by atoms with Gasteiger partial charge in [-0.05, 0) is 54.6 Å². The van der Waals surface area contributed by atoms with E-state index >= 15 is 0 Å². The normalized spacial score (nSPS) is 15.6. The standard InChI is InChI=1S/C27H21FN2O3S2/c1-3-33-26(32)22-23(17-7-5-4-6-8-17)29-27-30(24(22)18-9-11-19(28)12-10-18)25(31)21(35-27)15-20-16(2)13-14-34-20/h4-15,24H,3H2,1-2H3/t24-/m0/s1. The number of thiazole rings is 1. The fourth-order valence-electron chi connectivity index (χ4n) is 4.05. The van der Waals surface area contributed by atoms with Gasteiger partial charge >= 0.3 is 5.97 Å². The van der Waals surface area contributed by atoms with E-state index in [2.05, 4.69) is 0 Å². The lowest BCUT2D eigenvalue weighted by Crippen LogP contribution is -2.40. The fraction of sp³-hybridized carbons (Fsp3) is 0.148. The van der Waals surface area contributed by atoms with Crippen LogP contribution in [0.2, 0.25) is 0 Å². The molecule has 8 heteroatoms. The molecule has 0 fully saturated rings. The van der Waals surface area contributed by atoms with Crippen molar-refractivity contribution in [1.82, 2.24) is 4.57 Å². The van der Waals surface area contributed by atoms with Crippen molar-refractivity contribution in [2.24, 2.45) is 4.99 Å². The Bertz CT molecular complexity index is 1610. The number of benzene rings is 2. The van der Waals surface area contributed by atoms with E-state index < -0.39 is 17.8 Å². The van der Waals surface area contributed by atoms with Crippen LogP contribution in [0.15, 0.2) is 81.4 Å². The van der Waals surface area contributed by atoms with Crippen LogP contribution >= 0.6 is 22.7 Å². The molecule has 0 bridgehead atoms. The SMILES string of the molecule is CCOC(=O)C1=C(c2ccccc2)N=c2sc(=Cc3sccc3C)c(=O)n2[C@H]1c1ccc(F)cc1. The number of ether oxygens (including phenoxy) is 1. The summed E-state index contributed by atoms with van der Waals surface area (Å²) in [5.41, 5.74) is 2.83. The zero-order chi connectivity index (χ0) is 24.5. The summed E-state index contributed by atoms with van der Waals surface area (Å²) in [5.74, 6) is -0.966. The van der Waals surface area contributed by atoms with Crippen LogP contribution in [0.25, 0.3) is 11.8 Å². The van der Waals surface area contributed by atoms with Gasteiger partial charge < -0.3 is 4.74 Å². The molecule has 3 heterocycles. The number of fused-ring (bicyclic) bond motifs is 1. The van der Waals surface area contributed by atoms with Gasteiger partial charge in [-0.2, -0.15) is 0 Å². The number of thiophene rings is 1. The van der Waals surface area contributed by atoms with E-state index in [4.69, 9.17) is 9.73 Å². The highest BCUT2D eigenvalue weighted by atomic mass is 32.1. The summed E-state index contributed by atoms with van der Waals surface area (Å²) < 4.78 is 21.3. The van der Waals surface area contributed by atoms with Gasteiger partial charge in [-0.3, -0.25) is 9.36 Å². The lowest BCUT2D eigenvalue weighted by molar-refractivity contribution is -0.138. The molecule has 0 saturated heterocycles. The lowest BCUT2D eigenvalue weighted by atomic mass is 9.93. The summed E-state index contributed by atoms with van der Waals surface area (Å²) in [6, 6.07) is 16.4. The minimum Gasteiger partial charge on any atom is -0.463 e. The van der Waals surface area contributed by atoms with Gasteiger partial charge in [-0.1, -0.05) is 53.8 Å². The van der Waals surface area contributed by atoms with Crippen molar-refractivity contribution in [1.29, 1.82) is 0 Å². The van der Waals surface area contributed by atoms with Crippen molar-refractivity contribution < 1.29 is 13.9 Å². The molecular weight excluding hydrogens is 483 g/mol. The van der Waals surface area contributed by atoms with E-state index in [0.29, 0.717) is 20.6 Å². The van der Waals surface area contributed by atoms with Gasteiger partial charge in [0.2, 0.25) is 0 Å². The Morgan fingerprint density at radius 1 is 1.14 bits per heavy atom. The Kier molecular flexibility index (Phi) is 6.32. The zero-order valence-corrected chi connectivity index (χ0v) is 20.7. The van der Waals surface area contributed by atoms with Crippen LogP contribution in [0.1, 0.15) is 34.5 Å². The van der Waals surface area contributed by atoms with Crippen LogP contribution in [0, 0.1) is 12.7 Å². The summed E-state index contributed by atoms with van der Waals surface area (Å²) in [4.78, 5) is 33.3. The molecule has 1 aliphatic heterocycles. The van der Waals surface area contributed by atoms with E-state index in [-0.39, 0.29) is 17.7 Å². The molecule has 176 valence electrons. The number of carbonyl (C=O) groups excluding carboxylic acids is 1. The van der Waals surface area contributed by atoms with Crippen molar-refractivity contribution in [3.8, 4) is 0 Å². The fourth-order valence-corrected chi connectivity index (χ4v) is 5.97. The highest BCUT2D eigenvalue weighted by molar-refractivity contribution is 7.11. The van der Waals surface area contributed by atoms with Gasteiger partial charge in [0.1, 0.15) is 5.82 Å². The molecule has 5 nitrogen and oxygen atoms in total. The first kappa shape index (κ1) is 23.1. The second-order valence-corrected chi connectivity index (χ2v) is 9.91. The molecule has 0 N–H and O–H groups in total. The molecule has 0 saturated carbocycles. The number of halogens is 1. The van der Waals surface area contributed by atoms with Crippen LogP contribution in [-0.2, 0) is 9.53 Å². The predicted octanol–water partition coefficient (Wildman–Crippen LogP) is 4.44. The maximum Gasteiger partial charge on any atom is 0.338 e. The first-order valence-electron chi connectivity index (χ1n) is 11.1. The first-order chi connectivity index (χ1) is 17.0. The number of aromatic nitrogens is 1. The molecular formula is C27H21FN2O3S2. The summed E-state index contributed by atoms with van der Waals surface area (Å²) >= 11 is 2.82. The largest absolute Gasteiger partial charge is 0.463 e. The van der Waals surface area contributed by atoms with Crippen molar-refractivity contribution in [2.45, 2.75) is 19.9 Å². The molecule has 0 amide bonds. The van der Waals surface area contributed by atoms with Gasteiger partial charge in [-0.25, -0.2) is 14.2 Å². The molecule has 0 radical (unpaired) electrons. The monoisotopic (exact) mass is 504 g/mol. The Morgan fingerprint density at radius 3 is 2.54 bits per heavy atom. The zero-order valence-electron chi connectivity index (χ0n) is 19.0. The third kappa shape index (κ3) is 4.31. The molecule has 1 atom stereocenters. The number of carbonyl (C=O) groups is 1. The van der Waals surface area contributed by atoms with Gasteiger partial charge in [0.15, 0.2) is 4.80 Å². The quantitative estimate of drug-likeness (QED) is 0.378. The molecule has 35 heavy (non-hydrogen) atoms. The van der Waals surface area contributed by atoms with Crippen LogP contribution in [0.3, 0.4) is 0 Å². The molecule has 2 aromatic carbocycles. The second kappa shape index (κ2) is 9.56. The average Bonchev–Trinajstić information content (AvgIpc) is 3.41. The van der Waals surface area contributed by atoms with Gasteiger partial charge in [0, 0.05) is 10.4 Å². The Hall–Kier alpha value is -3.62. The van der Waals surface area contributed by atoms with Gasteiger partial charge in [0.05, 0.1) is 28.5 Å². The number of esters is 1. The molecule has 0 spiro atoms. The van der Waals surface area contributed by atoms with E-state index in [1.165, 1.54) is 28.0 Å².